The first-order valence-electron chi connectivity index (χ1n) is 6.21. The van der Waals surface area contributed by atoms with Gasteiger partial charge in [-0.15, -0.1) is 0 Å². The average Bonchev–Trinajstić information content (AvgIpc) is 2.72. The molecule has 2 heterocycles. The number of rotatable bonds is 3. The average molecular weight is 382 g/mol. The summed E-state index contributed by atoms with van der Waals surface area (Å²) in [6.07, 6.45) is -3.48. The fourth-order valence-electron chi connectivity index (χ4n) is 1.93. The van der Waals surface area contributed by atoms with Crippen molar-refractivity contribution < 1.29 is 37.6 Å². The van der Waals surface area contributed by atoms with Crippen molar-refractivity contribution in [3.05, 3.63) is 33.2 Å². The van der Waals surface area contributed by atoms with E-state index in [1.807, 2.05) is 0 Å². The second-order valence-electron chi connectivity index (χ2n) is 4.63. The van der Waals surface area contributed by atoms with Crippen LogP contribution >= 0.6 is 0 Å². The van der Waals surface area contributed by atoms with Gasteiger partial charge in [0, 0.05) is 11.1 Å². The lowest BCUT2D eigenvalue weighted by Gasteiger charge is -2.23. The van der Waals surface area contributed by atoms with Gasteiger partial charge in [-0.2, -0.15) is 13.4 Å². The molecular weight excluding hydrogens is 368 g/mol. The molecule has 15 nitrogen and oxygen atoms in total. The van der Waals surface area contributed by atoms with E-state index in [9.17, 15) is 20.1 Å². The molecule has 2 rings (SSSR count). The summed E-state index contributed by atoms with van der Waals surface area (Å²) < 4.78 is 37.6. The topological polar surface area (TPSA) is 254 Å². The van der Waals surface area contributed by atoms with E-state index in [2.05, 4.69) is 15.0 Å². The summed E-state index contributed by atoms with van der Waals surface area (Å²) in [5, 5.41) is 32.2. The van der Waals surface area contributed by atoms with E-state index in [0.717, 1.165) is 4.57 Å². The van der Waals surface area contributed by atoms with Gasteiger partial charge >= 0.3 is 16.1 Å². The second-order valence-corrected chi connectivity index (χ2v) is 5.52. The molecule has 0 aromatic carbocycles. The zero-order valence-corrected chi connectivity index (χ0v) is 13.0. The first-order valence-corrected chi connectivity index (χ1v) is 7.60. The number of aliphatic hydroxyl groups excluding tert-OH is 3. The maximum absolute atomic E-state index is 11.7. The van der Waals surface area contributed by atoms with Crippen LogP contribution in [0.5, 0.6) is 0 Å². The Morgan fingerprint density at radius 3 is 2.48 bits per heavy atom. The fourth-order valence-corrected chi connectivity index (χ4v) is 1.93. The standard InChI is InChI=1S/C9H12N6O5.H2O4S/c10-4-1-2-15(8(19)12-4)7-5(17)6(18)9(3-16,20-7)13-14-11;1-5(2,3)4/h1-2,5-7,16-18H,3H2,(H2,10,12,19);(H2,1,2,3,4)/t5-,6+,7-,9-;/m1./s1. The smallest absolute Gasteiger partial charge is 0.393 e. The number of anilines is 1. The molecule has 4 atom stereocenters. The molecule has 140 valence electrons. The Hall–Kier alpha value is -2.30. The minimum absolute atomic E-state index is 0.0252. The number of nitrogens with zero attached hydrogens (tertiary/aromatic N) is 5. The van der Waals surface area contributed by atoms with Crippen molar-refractivity contribution in [3.63, 3.8) is 0 Å². The van der Waals surface area contributed by atoms with Gasteiger partial charge in [0.2, 0.25) is 5.72 Å². The van der Waals surface area contributed by atoms with Crippen LogP contribution in [0.15, 0.2) is 22.2 Å². The number of nitrogens with two attached hydrogens (primary N) is 1. The third-order valence-corrected chi connectivity index (χ3v) is 2.97. The Kier molecular flexibility index (Phi) is 6.41. The van der Waals surface area contributed by atoms with Gasteiger partial charge in [-0.05, 0) is 11.6 Å². The fraction of sp³-hybridized carbons (Fsp3) is 0.556. The van der Waals surface area contributed by atoms with Crippen LogP contribution in [-0.2, 0) is 15.1 Å². The van der Waals surface area contributed by atoms with Gasteiger partial charge in [0.05, 0.1) is 6.61 Å². The Labute approximate surface area is 139 Å². The maximum atomic E-state index is 11.7. The molecule has 0 aliphatic carbocycles. The molecule has 16 heteroatoms. The summed E-state index contributed by atoms with van der Waals surface area (Å²) >= 11 is 0. The van der Waals surface area contributed by atoms with Crippen molar-refractivity contribution >= 4 is 16.2 Å². The Morgan fingerprint density at radius 1 is 1.48 bits per heavy atom. The predicted molar refractivity (Wildman–Crippen MR) is 78.2 cm³/mol. The molecule has 1 aromatic heterocycles. The van der Waals surface area contributed by atoms with E-state index < -0.39 is 46.9 Å². The van der Waals surface area contributed by atoms with E-state index >= 15 is 0 Å². The summed E-state index contributed by atoms with van der Waals surface area (Å²) in [6.45, 7) is -0.872. The van der Waals surface area contributed by atoms with Crippen molar-refractivity contribution in [2.24, 2.45) is 5.11 Å². The predicted octanol–water partition coefficient (Wildman–Crippen LogP) is -2.58. The summed E-state index contributed by atoms with van der Waals surface area (Å²) in [6, 6.07) is 1.29. The molecule has 1 aliphatic heterocycles. The Bertz CT molecular complexity index is 813. The maximum Gasteiger partial charge on any atom is 0.394 e. The molecule has 1 aliphatic rings. The van der Waals surface area contributed by atoms with Crippen LogP contribution in [0, 0.1) is 0 Å². The van der Waals surface area contributed by atoms with Gasteiger partial charge in [-0.25, -0.2) is 4.79 Å². The van der Waals surface area contributed by atoms with Gasteiger partial charge in [0.1, 0.15) is 18.0 Å². The largest absolute Gasteiger partial charge is 0.394 e. The highest BCUT2D eigenvalue weighted by molar-refractivity contribution is 7.79. The van der Waals surface area contributed by atoms with Crippen LogP contribution in [0.2, 0.25) is 0 Å². The number of azide groups is 1. The number of aliphatic hydroxyl groups is 3. The first kappa shape index (κ1) is 20.7. The van der Waals surface area contributed by atoms with Crippen LogP contribution in [0.25, 0.3) is 10.4 Å². The van der Waals surface area contributed by atoms with Crippen molar-refractivity contribution in [2.45, 2.75) is 24.2 Å². The SMILES string of the molecule is O=S(=O)(O)O.[N-]=[N+]=N[C@]1(CO)O[C@@H](n2ccc(N)nc2=O)[C@H](O)[C@@H]1O. The molecule has 1 aromatic rings. The van der Waals surface area contributed by atoms with E-state index in [1.165, 1.54) is 12.3 Å². The lowest BCUT2D eigenvalue weighted by Crippen LogP contribution is -2.44. The summed E-state index contributed by atoms with van der Waals surface area (Å²) in [5.74, 6) is -0.0252. The van der Waals surface area contributed by atoms with Gasteiger partial charge in [0.15, 0.2) is 6.23 Å². The van der Waals surface area contributed by atoms with E-state index in [0.29, 0.717) is 0 Å². The molecule has 0 spiro atoms. The lowest BCUT2D eigenvalue weighted by atomic mass is 10.1. The lowest BCUT2D eigenvalue weighted by molar-refractivity contribution is -0.125. The number of hydrogen-bond acceptors (Lipinski definition) is 10. The van der Waals surface area contributed by atoms with Crippen molar-refractivity contribution in [1.82, 2.24) is 9.55 Å². The molecule has 1 saturated heterocycles. The van der Waals surface area contributed by atoms with Crippen LogP contribution in [0.1, 0.15) is 6.23 Å². The van der Waals surface area contributed by atoms with E-state index in [4.69, 9.17) is 33.5 Å². The van der Waals surface area contributed by atoms with Crippen molar-refractivity contribution in [2.75, 3.05) is 12.3 Å². The number of hydrogen-bond donors (Lipinski definition) is 6. The molecule has 1 fully saturated rings. The first-order chi connectivity index (χ1) is 11.4. The molecule has 0 amide bonds. The molecule has 0 bridgehead atoms. The minimum Gasteiger partial charge on any atom is -0.393 e. The van der Waals surface area contributed by atoms with Crippen LogP contribution in [-0.4, -0.2) is 66.9 Å². The molecule has 0 radical (unpaired) electrons. The third kappa shape index (κ3) is 5.08. The number of nitrogen functional groups attached to an aromatic ring is 1. The third-order valence-electron chi connectivity index (χ3n) is 2.97. The monoisotopic (exact) mass is 382 g/mol. The molecule has 25 heavy (non-hydrogen) atoms. The zero-order chi connectivity index (χ0) is 19.4. The molecule has 7 N–H and O–H groups in total. The van der Waals surface area contributed by atoms with Crippen LogP contribution in [0.4, 0.5) is 5.82 Å². The summed E-state index contributed by atoms with van der Waals surface area (Å²) in [4.78, 5) is 17.6. The number of ether oxygens (including phenoxy) is 1. The van der Waals surface area contributed by atoms with Gasteiger partial charge in [0.25, 0.3) is 0 Å². The van der Waals surface area contributed by atoms with E-state index in [1.54, 1.807) is 0 Å². The summed E-state index contributed by atoms with van der Waals surface area (Å²) in [5.41, 5.74) is 10.9. The van der Waals surface area contributed by atoms with Gasteiger partial charge in [-0.1, -0.05) is 5.11 Å². The van der Waals surface area contributed by atoms with Crippen LogP contribution in [0.3, 0.4) is 0 Å². The van der Waals surface area contributed by atoms with E-state index in [-0.39, 0.29) is 5.82 Å². The zero-order valence-electron chi connectivity index (χ0n) is 12.2. The van der Waals surface area contributed by atoms with Crippen molar-refractivity contribution in [3.8, 4) is 0 Å². The van der Waals surface area contributed by atoms with Gasteiger partial charge in [-0.3, -0.25) is 13.7 Å². The quantitative estimate of drug-likeness (QED) is 0.137. The molecule has 0 saturated carbocycles. The highest BCUT2D eigenvalue weighted by Gasteiger charge is 2.54. The highest BCUT2D eigenvalue weighted by atomic mass is 32.3. The molecule has 0 unspecified atom stereocenters. The minimum atomic E-state index is -4.67. The second kappa shape index (κ2) is 7.72. The molecular formula is C9H14N6O9S. The Balaban J connectivity index is 0.000000550. The van der Waals surface area contributed by atoms with Crippen LogP contribution < -0.4 is 11.4 Å². The van der Waals surface area contributed by atoms with Gasteiger partial charge < -0.3 is 25.8 Å². The normalized spacial score (nSPS) is 28.6. The summed E-state index contributed by atoms with van der Waals surface area (Å²) in [7, 11) is -4.67. The Morgan fingerprint density at radius 2 is 2.04 bits per heavy atom. The number of aromatic nitrogens is 2. The highest BCUT2D eigenvalue weighted by Crippen LogP contribution is 2.37. The van der Waals surface area contributed by atoms with Crippen molar-refractivity contribution in [1.29, 1.82) is 0 Å².